The van der Waals surface area contributed by atoms with Crippen LogP contribution in [-0.4, -0.2) is 19.3 Å². The predicted molar refractivity (Wildman–Crippen MR) is 85.3 cm³/mol. The van der Waals surface area contributed by atoms with Gasteiger partial charge in [0.15, 0.2) is 0 Å². The molecular formula is C17H19BrO2. The Balaban J connectivity index is 1.82. The molecule has 1 aliphatic rings. The summed E-state index contributed by atoms with van der Waals surface area (Å²) in [7, 11) is 1.79. The van der Waals surface area contributed by atoms with Crippen LogP contribution in [0.1, 0.15) is 25.7 Å². The maximum absolute atomic E-state index is 6.20. The Labute approximate surface area is 128 Å². The number of benzene rings is 2. The smallest absolute Gasteiger partial charge is 0.134 e. The molecule has 2 unspecified atom stereocenters. The lowest BCUT2D eigenvalue weighted by Gasteiger charge is -2.29. The van der Waals surface area contributed by atoms with Crippen LogP contribution in [-0.2, 0) is 4.74 Å². The zero-order chi connectivity index (χ0) is 13.9. The Morgan fingerprint density at radius 3 is 2.70 bits per heavy atom. The van der Waals surface area contributed by atoms with Gasteiger partial charge in [0.25, 0.3) is 0 Å². The van der Waals surface area contributed by atoms with Gasteiger partial charge in [0.2, 0.25) is 0 Å². The van der Waals surface area contributed by atoms with E-state index in [9.17, 15) is 0 Å². The van der Waals surface area contributed by atoms with E-state index < -0.39 is 0 Å². The first-order valence-corrected chi connectivity index (χ1v) is 7.94. The maximum Gasteiger partial charge on any atom is 0.134 e. The summed E-state index contributed by atoms with van der Waals surface area (Å²) >= 11 is 3.68. The number of methoxy groups -OCH3 is 1. The summed E-state index contributed by atoms with van der Waals surface area (Å²) < 4.78 is 12.7. The summed E-state index contributed by atoms with van der Waals surface area (Å²) in [6, 6.07) is 12.5. The molecule has 0 aliphatic heterocycles. The highest BCUT2D eigenvalue weighted by Crippen LogP contribution is 2.35. The standard InChI is InChI=1S/C17H19BrO2/c1-19-13-6-4-7-14(11-13)20-16-10-9-12-5-2-3-8-15(12)17(16)18/h2-3,5,8-10,13-14H,4,6-7,11H2,1H3. The average molecular weight is 335 g/mol. The molecule has 1 fully saturated rings. The van der Waals surface area contributed by atoms with E-state index in [2.05, 4.69) is 52.3 Å². The van der Waals surface area contributed by atoms with Crippen LogP contribution in [0.3, 0.4) is 0 Å². The molecule has 2 aromatic rings. The minimum absolute atomic E-state index is 0.256. The van der Waals surface area contributed by atoms with Gasteiger partial charge in [-0.15, -0.1) is 0 Å². The molecule has 1 saturated carbocycles. The lowest BCUT2D eigenvalue weighted by atomic mass is 9.95. The van der Waals surface area contributed by atoms with Crippen molar-refractivity contribution < 1.29 is 9.47 Å². The van der Waals surface area contributed by atoms with Crippen LogP contribution < -0.4 is 4.74 Å². The average Bonchev–Trinajstić information content (AvgIpc) is 2.50. The second-order valence-electron chi connectivity index (χ2n) is 5.36. The zero-order valence-electron chi connectivity index (χ0n) is 11.6. The van der Waals surface area contributed by atoms with Crippen LogP contribution in [0.15, 0.2) is 40.9 Å². The third-order valence-corrected chi connectivity index (χ3v) is 4.85. The van der Waals surface area contributed by atoms with Gasteiger partial charge in [0.1, 0.15) is 11.9 Å². The summed E-state index contributed by atoms with van der Waals surface area (Å²) in [6.07, 6.45) is 5.01. The third-order valence-electron chi connectivity index (χ3n) is 4.03. The van der Waals surface area contributed by atoms with Crippen molar-refractivity contribution in [3.05, 3.63) is 40.9 Å². The van der Waals surface area contributed by atoms with E-state index in [1.165, 1.54) is 17.2 Å². The highest BCUT2D eigenvalue weighted by Gasteiger charge is 2.23. The molecule has 2 aromatic carbocycles. The van der Waals surface area contributed by atoms with Crippen molar-refractivity contribution in [3.63, 3.8) is 0 Å². The quantitative estimate of drug-likeness (QED) is 0.791. The fraction of sp³-hybridized carbons (Fsp3) is 0.412. The minimum Gasteiger partial charge on any atom is -0.489 e. The summed E-state index contributed by atoms with van der Waals surface area (Å²) in [4.78, 5) is 0. The normalized spacial score (nSPS) is 22.9. The highest BCUT2D eigenvalue weighted by atomic mass is 79.9. The van der Waals surface area contributed by atoms with Gasteiger partial charge in [-0.2, -0.15) is 0 Å². The maximum atomic E-state index is 6.20. The number of fused-ring (bicyclic) bond motifs is 1. The zero-order valence-corrected chi connectivity index (χ0v) is 13.2. The molecule has 1 aliphatic carbocycles. The summed E-state index contributed by atoms with van der Waals surface area (Å²) in [5, 5.41) is 2.43. The molecule has 0 radical (unpaired) electrons. The van der Waals surface area contributed by atoms with Crippen LogP contribution in [0.2, 0.25) is 0 Å². The molecule has 20 heavy (non-hydrogen) atoms. The second-order valence-corrected chi connectivity index (χ2v) is 6.16. The predicted octanol–water partition coefficient (Wildman–Crippen LogP) is 4.94. The topological polar surface area (TPSA) is 18.5 Å². The molecule has 0 aromatic heterocycles. The lowest BCUT2D eigenvalue weighted by molar-refractivity contribution is 0.0208. The Kier molecular flexibility index (Phi) is 4.27. The molecule has 0 heterocycles. The van der Waals surface area contributed by atoms with Crippen molar-refractivity contribution >= 4 is 26.7 Å². The number of halogens is 1. The van der Waals surface area contributed by atoms with Crippen LogP contribution in [0, 0.1) is 0 Å². The Hall–Kier alpha value is -1.06. The van der Waals surface area contributed by atoms with Crippen molar-refractivity contribution in [2.75, 3.05) is 7.11 Å². The second kappa shape index (κ2) is 6.15. The van der Waals surface area contributed by atoms with Crippen molar-refractivity contribution in [3.8, 4) is 5.75 Å². The molecule has 3 rings (SSSR count). The number of ether oxygens (including phenoxy) is 2. The van der Waals surface area contributed by atoms with Crippen molar-refractivity contribution in [2.24, 2.45) is 0 Å². The number of hydrogen-bond acceptors (Lipinski definition) is 2. The van der Waals surface area contributed by atoms with E-state index in [1.807, 2.05) is 0 Å². The Bertz CT molecular complexity index is 597. The molecule has 0 N–H and O–H groups in total. The first-order chi connectivity index (χ1) is 9.78. The number of hydrogen-bond donors (Lipinski definition) is 0. The summed E-state index contributed by atoms with van der Waals surface area (Å²) in [5.41, 5.74) is 0. The van der Waals surface area contributed by atoms with Gasteiger partial charge >= 0.3 is 0 Å². The lowest BCUT2D eigenvalue weighted by Crippen LogP contribution is -2.29. The molecule has 0 amide bonds. The first kappa shape index (κ1) is 13.9. The largest absolute Gasteiger partial charge is 0.489 e. The van der Waals surface area contributed by atoms with Crippen molar-refractivity contribution in [1.82, 2.24) is 0 Å². The SMILES string of the molecule is COC1CCCC(Oc2ccc3ccccc3c2Br)C1. The van der Waals surface area contributed by atoms with E-state index >= 15 is 0 Å². The van der Waals surface area contributed by atoms with Crippen LogP contribution in [0.25, 0.3) is 10.8 Å². The molecule has 2 atom stereocenters. The Morgan fingerprint density at radius 2 is 1.85 bits per heavy atom. The van der Waals surface area contributed by atoms with Gasteiger partial charge in [0.05, 0.1) is 10.6 Å². The van der Waals surface area contributed by atoms with Gasteiger partial charge in [0, 0.05) is 13.5 Å². The monoisotopic (exact) mass is 334 g/mol. The first-order valence-electron chi connectivity index (χ1n) is 7.14. The fourth-order valence-electron chi connectivity index (χ4n) is 2.91. The van der Waals surface area contributed by atoms with E-state index in [0.717, 1.165) is 29.5 Å². The van der Waals surface area contributed by atoms with E-state index in [4.69, 9.17) is 9.47 Å². The molecule has 0 saturated heterocycles. The summed E-state index contributed by atoms with van der Waals surface area (Å²) in [6.45, 7) is 0. The summed E-state index contributed by atoms with van der Waals surface area (Å²) in [5.74, 6) is 0.936. The van der Waals surface area contributed by atoms with E-state index in [-0.39, 0.29) is 6.10 Å². The molecule has 2 nitrogen and oxygen atoms in total. The van der Waals surface area contributed by atoms with Gasteiger partial charge in [-0.3, -0.25) is 0 Å². The third kappa shape index (κ3) is 2.84. The van der Waals surface area contributed by atoms with Crippen LogP contribution in [0.4, 0.5) is 0 Å². The van der Waals surface area contributed by atoms with Crippen molar-refractivity contribution in [2.45, 2.75) is 37.9 Å². The van der Waals surface area contributed by atoms with Crippen LogP contribution in [0.5, 0.6) is 5.75 Å². The van der Waals surface area contributed by atoms with Gasteiger partial charge in [-0.25, -0.2) is 0 Å². The van der Waals surface area contributed by atoms with Gasteiger partial charge in [-0.05, 0) is 52.0 Å². The van der Waals surface area contributed by atoms with Gasteiger partial charge in [-0.1, -0.05) is 30.3 Å². The molecular weight excluding hydrogens is 316 g/mol. The Morgan fingerprint density at radius 1 is 1.05 bits per heavy atom. The van der Waals surface area contributed by atoms with Gasteiger partial charge < -0.3 is 9.47 Å². The molecule has 0 bridgehead atoms. The van der Waals surface area contributed by atoms with Crippen LogP contribution >= 0.6 is 15.9 Å². The van der Waals surface area contributed by atoms with Crippen molar-refractivity contribution in [1.29, 1.82) is 0 Å². The number of rotatable bonds is 3. The molecule has 3 heteroatoms. The molecule has 106 valence electrons. The highest BCUT2D eigenvalue weighted by molar-refractivity contribution is 9.10. The fourth-order valence-corrected chi connectivity index (χ4v) is 3.49. The molecule has 0 spiro atoms. The minimum atomic E-state index is 0.256. The van der Waals surface area contributed by atoms with E-state index in [1.54, 1.807) is 7.11 Å². The van der Waals surface area contributed by atoms with E-state index in [0.29, 0.717) is 6.10 Å².